The summed E-state index contributed by atoms with van der Waals surface area (Å²) in [4.78, 5) is 0. The fourth-order valence-corrected chi connectivity index (χ4v) is 4.84. The molecule has 1 saturated carbocycles. The predicted molar refractivity (Wildman–Crippen MR) is 81.0 cm³/mol. The fourth-order valence-electron chi connectivity index (χ4n) is 3.09. The summed E-state index contributed by atoms with van der Waals surface area (Å²) in [5.41, 5.74) is 6.26. The van der Waals surface area contributed by atoms with E-state index in [1.54, 1.807) is 0 Å². The monoisotopic (exact) mass is 273 g/mol. The van der Waals surface area contributed by atoms with Crippen LogP contribution in [0.25, 0.3) is 0 Å². The molecule has 108 valence electrons. The average Bonchev–Trinajstić information content (AvgIpc) is 2.36. The molecule has 1 rings (SSSR count). The maximum Gasteiger partial charge on any atom is 0.0393 e. The van der Waals surface area contributed by atoms with E-state index in [9.17, 15) is 4.21 Å². The van der Waals surface area contributed by atoms with Crippen molar-refractivity contribution in [3.63, 3.8) is 0 Å². The molecule has 18 heavy (non-hydrogen) atoms. The van der Waals surface area contributed by atoms with E-state index in [2.05, 4.69) is 34.6 Å². The van der Waals surface area contributed by atoms with Crippen LogP contribution in [-0.2, 0) is 10.8 Å². The maximum absolute atomic E-state index is 12.5. The Morgan fingerprint density at radius 2 is 1.94 bits per heavy atom. The number of hydrogen-bond acceptors (Lipinski definition) is 2. The molecule has 4 unspecified atom stereocenters. The fraction of sp³-hybridized carbons (Fsp3) is 1.00. The molecule has 2 nitrogen and oxygen atoms in total. The van der Waals surface area contributed by atoms with Gasteiger partial charge in [0.05, 0.1) is 0 Å². The smallest absolute Gasteiger partial charge is 0.0393 e. The number of hydrogen-bond donors (Lipinski definition) is 1. The quantitative estimate of drug-likeness (QED) is 0.835. The SMILES string of the molecule is CCC(C)(C)C1CCC(CN)C(S(=O)C(C)C)C1. The summed E-state index contributed by atoms with van der Waals surface area (Å²) in [6, 6.07) is 0. The van der Waals surface area contributed by atoms with Gasteiger partial charge < -0.3 is 5.73 Å². The summed E-state index contributed by atoms with van der Waals surface area (Å²) < 4.78 is 12.5. The van der Waals surface area contributed by atoms with Gasteiger partial charge in [-0.3, -0.25) is 4.21 Å². The summed E-state index contributed by atoms with van der Waals surface area (Å²) in [6.45, 7) is 11.8. The Morgan fingerprint density at radius 1 is 1.33 bits per heavy atom. The van der Waals surface area contributed by atoms with Crippen molar-refractivity contribution in [2.75, 3.05) is 6.54 Å². The highest BCUT2D eigenvalue weighted by Gasteiger charge is 2.39. The Bertz CT molecular complexity index is 288. The molecule has 0 amide bonds. The lowest BCUT2D eigenvalue weighted by molar-refractivity contribution is 0.133. The first kappa shape index (κ1) is 16.2. The van der Waals surface area contributed by atoms with Gasteiger partial charge in [0, 0.05) is 21.3 Å². The summed E-state index contributed by atoms with van der Waals surface area (Å²) >= 11 is 0. The van der Waals surface area contributed by atoms with Crippen LogP contribution in [0.2, 0.25) is 0 Å². The third-order valence-corrected chi connectivity index (χ3v) is 7.11. The van der Waals surface area contributed by atoms with Crippen molar-refractivity contribution in [1.29, 1.82) is 0 Å². The zero-order valence-corrected chi connectivity index (χ0v) is 13.6. The van der Waals surface area contributed by atoms with E-state index >= 15 is 0 Å². The summed E-state index contributed by atoms with van der Waals surface area (Å²) in [5, 5.41) is 0.576. The van der Waals surface area contributed by atoms with Gasteiger partial charge in [0.25, 0.3) is 0 Å². The molecular weight excluding hydrogens is 242 g/mol. The minimum absolute atomic E-state index is 0.257. The van der Waals surface area contributed by atoms with Crippen LogP contribution >= 0.6 is 0 Å². The highest BCUT2D eigenvalue weighted by molar-refractivity contribution is 7.86. The molecule has 0 aliphatic heterocycles. The van der Waals surface area contributed by atoms with Crippen molar-refractivity contribution < 1.29 is 4.21 Å². The van der Waals surface area contributed by atoms with Crippen LogP contribution in [0.4, 0.5) is 0 Å². The summed E-state index contributed by atoms with van der Waals surface area (Å²) in [5.74, 6) is 1.18. The number of nitrogens with two attached hydrogens (primary N) is 1. The highest BCUT2D eigenvalue weighted by atomic mass is 32.2. The Balaban J connectivity index is 2.81. The average molecular weight is 273 g/mol. The first-order chi connectivity index (χ1) is 8.33. The third kappa shape index (κ3) is 3.57. The molecule has 0 aromatic heterocycles. The van der Waals surface area contributed by atoms with Gasteiger partial charge >= 0.3 is 0 Å². The lowest BCUT2D eigenvalue weighted by Crippen LogP contribution is -2.42. The van der Waals surface area contributed by atoms with Crippen molar-refractivity contribution in [2.24, 2.45) is 23.0 Å². The minimum Gasteiger partial charge on any atom is -0.330 e. The normalized spacial score (nSPS) is 31.6. The van der Waals surface area contributed by atoms with Gasteiger partial charge in [-0.15, -0.1) is 0 Å². The Kier molecular flexibility index (Phi) is 5.85. The molecule has 1 aliphatic carbocycles. The molecule has 1 fully saturated rings. The van der Waals surface area contributed by atoms with E-state index in [4.69, 9.17) is 5.73 Å². The Morgan fingerprint density at radius 3 is 2.39 bits per heavy atom. The van der Waals surface area contributed by atoms with E-state index in [0.29, 0.717) is 29.0 Å². The predicted octanol–water partition coefficient (Wildman–Crippen LogP) is 3.32. The standard InChI is InChI=1S/C15H31NOS/c1-6-15(4,5)13-8-7-12(10-16)14(9-13)18(17)11(2)3/h11-14H,6-10,16H2,1-5H3. The number of rotatable bonds is 5. The van der Waals surface area contributed by atoms with Crippen LogP contribution in [0.5, 0.6) is 0 Å². The molecule has 0 radical (unpaired) electrons. The largest absolute Gasteiger partial charge is 0.330 e. The molecule has 4 atom stereocenters. The van der Waals surface area contributed by atoms with Crippen LogP contribution in [0.15, 0.2) is 0 Å². The van der Waals surface area contributed by atoms with E-state index in [1.165, 1.54) is 12.8 Å². The van der Waals surface area contributed by atoms with Crippen molar-refractivity contribution in [2.45, 2.75) is 70.8 Å². The van der Waals surface area contributed by atoms with Gasteiger partial charge in [-0.25, -0.2) is 0 Å². The molecular formula is C15H31NOS. The molecule has 0 bridgehead atoms. The van der Waals surface area contributed by atoms with Crippen molar-refractivity contribution in [1.82, 2.24) is 0 Å². The zero-order chi connectivity index (χ0) is 13.9. The van der Waals surface area contributed by atoms with Gasteiger partial charge in [-0.1, -0.05) is 41.0 Å². The first-order valence-electron chi connectivity index (χ1n) is 7.42. The Labute approximate surface area is 116 Å². The molecule has 0 aromatic carbocycles. The maximum atomic E-state index is 12.5. The van der Waals surface area contributed by atoms with Crippen LogP contribution in [0.1, 0.15) is 60.3 Å². The molecule has 0 heterocycles. The van der Waals surface area contributed by atoms with Gasteiger partial charge in [-0.05, 0) is 43.1 Å². The van der Waals surface area contributed by atoms with Crippen LogP contribution in [0.3, 0.4) is 0 Å². The van der Waals surface area contributed by atoms with Gasteiger partial charge in [0.15, 0.2) is 0 Å². The van der Waals surface area contributed by atoms with E-state index in [1.807, 2.05) is 0 Å². The van der Waals surface area contributed by atoms with Crippen LogP contribution in [-0.4, -0.2) is 21.3 Å². The van der Waals surface area contributed by atoms with Gasteiger partial charge in [-0.2, -0.15) is 0 Å². The highest BCUT2D eigenvalue weighted by Crippen LogP contribution is 2.43. The second-order valence-electron chi connectivity index (χ2n) is 6.76. The van der Waals surface area contributed by atoms with Crippen LogP contribution in [0, 0.1) is 17.3 Å². The van der Waals surface area contributed by atoms with Crippen molar-refractivity contribution in [3.8, 4) is 0 Å². The van der Waals surface area contributed by atoms with Crippen molar-refractivity contribution >= 4 is 10.8 Å². The second-order valence-corrected chi connectivity index (χ2v) is 8.97. The first-order valence-corrected chi connectivity index (χ1v) is 8.70. The molecule has 3 heteroatoms. The van der Waals surface area contributed by atoms with Gasteiger partial charge in [0.2, 0.25) is 0 Å². The molecule has 1 aliphatic rings. The van der Waals surface area contributed by atoms with E-state index in [-0.39, 0.29) is 5.25 Å². The molecule has 0 aromatic rings. The molecule has 2 N–H and O–H groups in total. The third-order valence-electron chi connectivity index (χ3n) is 5.01. The zero-order valence-electron chi connectivity index (χ0n) is 12.7. The van der Waals surface area contributed by atoms with E-state index in [0.717, 1.165) is 12.8 Å². The Hall–Kier alpha value is 0.110. The summed E-state index contributed by atoms with van der Waals surface area (Å²) in [6.07, 6.45) is 4.72. The van der Waals surface area contributed by atoms with E-state index < -0.39 is 10.8 Å². The molecule has 0 saturated heterocycles. The van der Waals surface area contributed by atoms with Gasteiger partial charge in [0.1, 0.15) is 0 Å². The lowest BCUT2D eigenvalue weighted by Gasteiger charge is -2.43. The summed E-state index contributed by atoms with van der Waals surface area (Å²) in [7, 11) is -0.726. The van der Waals surface area contributed by atoms with Crippen molar-refractivity contribution in [3.05, 3.63) is 0 Å². The lowest BCUT2D eigenvalue weighted by atomic mass is 9.67. The molecule has 0 spiro atoms. The second kappa shape index (κ2) is 6.51. The van der Waals surface area contributed by atoms with Crippen LogP contribution < -0.4 is 5.73 Å². The topological polar surface area (TPSA) is 43.1 Å². The minimum atomic E-state index is -0.726.